The zero-order valence-electron chi connectivity index (χ0n) is 14.2. The Bertz CT molecular complexity index is 753. The zero-order valence-corrected chi connectivity index (χ0v) is 15.7. The van der Waals surface area contributed by atoms with E-state index >= 15 is 0 Å². The van der Waals surface area contributed by atoms with Gasteiger partial charge in [0.2, 0.25) is 5.91 Å². The van der Waals surface area contributed by atoms with Crippen LogP contribution in [0.2, 0.25) is 10.0 Å². The molecule has 0 aromatic heterocycles. The van der Waals surface area contributed by atoms with Crippen LogP contribution in [0.15, 0.2) is 36.4 Å². The van der Waals surface area contributed by atoms with E-state index in [1.54, 1.807) is 45.4 Å². The van der Waals surface area contributed by atoms with Crippen molar-refractivity contribution in [1.82, 2.24) is 5.32 Å². The molecule has 25 heavy (non-hydrogen) atoms. The molecule has 0 radical (unpaired) electrons. The van der Waals surface area contributed by atoms with Gasteiger partial charge in [0, 0.05) is 11.6 Å². The fourth-order valence-corrected chi connectivity index (χ4v) is 2.70. The predicted molar refractivity (Wildman–Crippen MR) is 101 cm³/mol. The molecule has 7 heteroatoms. The summed E-state index contributed by atoms with van der Waals surface area (Å²) in [5, 5.41) is 6.95. The minimum atomic E-state index is -0.459. The third kappa shape index (κ3) is 5.18. The first-order chi connectivity index (χ1) is 11.9. The van der Waals surface area contributed by atoms with Crippen LogP contribution >= 0.6 is 23.2 Å². The molecule has 0 aliphatic heterocycles. The Morgan fingerprint density at radius 1 is 1.08 bits per heavy atom. The van der Waals surface area contributed by atoms with Crippen LogP contribution in [0, 0.1) is 0 Å². The lowest BCUT2D eigenvalue weighted by molar-refractivity contribution is -0.121. The molecule has 2 aromatic carbocycles. The molecule has 0 saturated carbocycles. The van der Waals surface area contributed by atoms with E-state index in [0.29, 0.717) is 33.8 Å². The minimum Gasteiger partial charge on any atom is -0.493 e. The Morgan fingerprint density at radius 3 is 2.44 bits per heavy atom. The molecule has 1 amide bonds. The highest BCUT2D eigenvalue weighted by Gasteiger charge is 2.14. The molecule has 0 fully saturated rings. The van der Waals surface area contributed by atoms with Gasteiger partial charge in [-0.3, -0.25) is 4.79 Å². The summed E-state index contributed by atoms with van der Waals surface area (Å²) in [5.74, 6) is 1.11. The molecule has 2 aromatic rings. The van der Waals surface area contributed by atoms with Crippen molar-refractivity contribution in [2.75, 3.05) is 19.5 Å². The van der Waals surface area contributed by atoms with Gasteiger partial charge in [-0.15, -0.1) is 0 Å². The number of carbonyl (C=O) groups excluding carboxylic acids is 1. The monoisotopic (exact) mass is 382 g/mol. The maximum Gasteiger partial charge on any atom is 0.242 e. The summed E-state index contributed by atoms with van der Waals surface area (Å²) in [6, 6.07) is 10.1. The Morgan fingerprint density at radius 2 is 1.80 bits per heavy atom. The molecular weight excluding hydrogens is 363 g/mol. The van der Waals surface area contributed by atoms with Crippen molar-refractivity contribution in [3.63, 3.8) is 0 Å². The van der Waals surface area contributed by atoms with Crippen molar-refractivity contribution in [3.05, 3.63) is 52.0 Å². The fourth-order valence-electron chi connectivity index (χ4n) is 2.24. The molecule has 2 N–H and O–H groups in total. The van der Waals surface area contributed by atoms with Crippen molar-refractivity contribution >= 4 is 34.8 Å². The van der Waals surface area contributed by atoms with Crippen LogP contribution < -0.4 is 20.1 Å². The van der Waals surface area contributed by atoms with E-state index in [4.69, 9.17) is 32.7 Å². The summed E-state index contributed by atoms with van der Waals surface area (Å²) in [6.07, 6.45) is 0. The Balaban J connectivity index is 1.95. The lowest BCUT2D eigenvalue weighted by Gasteiger charge is -2.17. The van der Waals surface area contributed by atoms with Gasteiger partial charge in [0.05, 0.1) is 24.9 Å². The van der Waals surface area contributed by atoms with E-state index in [2.05, 4.69) is 10.6 Å². The molecule has 134 valence electrons. The highest BCUT2D eigenvalue weighted by Crippen LogP contribution is 2.28. The molecule has 5 nitrogen and oxygen atoms in total. The number of rotatable bonds is 7. The maximum absolute atomic E-state index is 12.3. The number of halogens is 2. The first-order valence-electron chi connectivity index (χ1n) is 7.64. The summed E-state index contributed by atoms with van der Waals surface area (Å²) >= 11 is 12.0. The highest BCUT2D eigenvalue weighted by molar-refractivity contribution is 6.36. The van der Waals surface area contributed by atoms with E-state index in [1.165, 1.54) is 0 Å². The lowest BCUT2D eigenvalue weighted by Crippen LogP contribution is -2.37. The number of methoxy groups -OCH3 is 2. The second-order valence-corrected chi connectivity index (χ2v) is 6.24. The highest BCUT2D eigenvalue weighted by atomic mass is 35.5. The van der Waals surface area contributed by atoms with Gasteiger partial charge in [0.25, 0.3) is 0 Å². The smallest absolute Gasteiger partial charge is 0.242 e. The van der Waals surface area contributed by atoms with Crippen LogP contribution in [-0.2, 0) is 11.3 Å². The van der Waals surface area contributed by atoms with E-state index in [-0.39, 0.29) is 5.91 Å². The van der Waals surface area contributed by atoms with E-state index in [1.807, 2.05) is 12.1 Å². The summed E-state index contributed by atoms with van der Waals surface area (Å²) in [5.41, 5.74) is 1.56. The van der Waals surface area contributed by atoms with Crippen LogP contribution in [0.5, 0.6) is 11.5 Å². The van der Waals surface area contributed by atoms with Crippen LogP contribution in [-0.4, -0.2) is 26.2 Å². The summed E-state index contributed by atoms with van der Waals surface area (Å²) in [6.45, 7) is 2.13. The number of hydrogen-bond donors (Lipinski definition) is 2. The van der Waals surface area contributed by atoms with Gasteiger partial charge < -0.3 is 20.1 Å². The first-order valence-corrected chi connectivity index (χ1v) is 8.40. The molecule has 1 atom stereocenters. The summed E-state index contributed by atoms with van der Waals surface area (Å²) in [4.78, 5) is 12.3. The SMILES string of the molecule is COc1ccc(CNC(=O)C(C)Nc2ccc(Cl)cc2Cl)cc1OC. The number of anilines is 1. The fraction of sp³-hybridized carbons (Fsp3) is 0.278. The van der Waals surface area contributed by atoms with E-state index < -0.39 is 6.04 Å². The number of amides is 1. The standard InChI is InChI=1S/C18H20Cl2N2O3/c1-11(22-15-6-5-13(19)9-14(15)20)18(23)21-10-12-4-7-16(24-2)17(8-12)25-3/h4-9,11,22H,10H2,1-3H3,(H,21,23). The Labute approximate surface area is 157 Å². The largest absolute Gasteiger partial charge is 0.493 e. The molecule has 1 unspecified atom stereocenters. The molecule has 0 aliphatic carbocycles. The van der Waals surface area contributed by atoms with Gasteiger partial charge >= 0.3 is 0 Å². The van der Waals surface area contributed by atoms with Gasteiger partial charge in [0.15, 0.2) is 11.5 Å². The Kier molecular flexibility index (Phi) is 6.79. The van der Waals surface area contributed by atoms with Crippen molar-refractivity contribution in [2.24, 2.45) is 0 Å². The average Bonchev–Trinajstić information content (AvgIpc) is 2.61. The van der Waals surface area contributed by atoms with Crippen LogP contribution in [0.3, 0.4) is 0 Å². The second-order valence-electron chi connectivity index (χ2n) is 5.40. The lowest BCUT2D eigenvalue weighted by atomic mass is 10.2. The van der Waals surface area contributed by atoms with Crippen LogP contribution in [0.25, 0.3) is 0 Å². The molecule has 0 saturated heterocycles. The van der Waals surface area contributed by atoms with Crippen LogP contribution in [0.1, 0.15) is 12.5 Å². The minimum absolute atomic E-state index is 0.152. The average molecular weight is 383 g/mol. The Hall–Kier alpha value is -2.11. The normalized spacial score (nSPS) is 11.6. The third-order valence-corrected chi connectivity index (χ3v) is 4.16. The molecule has 0 aliphatic rings. The quantitative estimate of drug-likeness (QED) is 0.755. The zero-order chi connectivity index (χ0) is 18.4. The molecular formula is C18H20Cl2N2O3. The first kappa shape index (κ1) is 19.2. The van der Waals surface area contributed by atoms with Crippen molar-refractivity contribution in [3.8, 4) is 11.5 Å². The molecule has 0 heterocycles. The van der Waals surface area contributed by atoms with Crippen molar-refractivity contribution in [1.29, 1.82) is 0 Å². The number of ether oxygens (including phenoxy) is 2. The predicted octanol–water partition coefficient (Wildman–Crippen LogP) is 4.13. The van der Waals surface area contributed by atoms with Gasteiger partial charge in [0.1, 0.15) is 6.04 Å². The third-order valence-electron chi connectivity index (χ3n) is 3.61. The van der Waals surface area contributed by atoms with Gasteiger partial charge in [-0.05, 0) is 42.8 Å². The summed E-state index contributed by atoms with van der Waals surface area (Å²) < 4.78 is 10.5. The van der Waals surface area contributed by atoms with Gasteiger partial charge in [-0.2, -0.15) is 0 Å². The summed E-state index contributed by atoms with van der Waals surface area (Å²) in [7, 11) is 3.15. The molecule has 0 bridgehead atoms. The molecule has 2 rings (SSSR count). The number of nitrogens with one attached hydrogen (secondary N) is 2. The second kappa shape index (κ2) is 8.83. The van der Waals surface area contributed by atoms with E-state index in [9.17, 15) is 4.79 Å². The van der Waals surface area contributed by atoms with Crippen molar-refractivity contribution in [2.45, 2.75) is 19.5 Å². The number of carbonyl (C=O) groups is 1. The number of benzene rings is 2. The van der Waals surface area contributed by atoms with Gasteiger partial charge in [-0.25, -0.2) is 0 Å². The van der Waals surface area contributed by atoms with Gasteiger partial charge in [-0.1, -0.05) is 29.3 Å². The van der Waals surface area contributed by atoms with Crippen LogP contribution in [0.4, 0.5) is 5.69 Å². The molecule has 0 spiro atoms. The maximum atomic E-state index is 12.3. The topological polar surface area (TPSA) is 59.6 Å². The van der Waals surface area contributed by atoms with Crippen molar-refractivity contribution < 1.29 is 14.3 Å². The number of hydrogen-bond acceptors (Lipinski definition) is 4. The van der Waals surface area contributed by atoms with E-state index in [0.717, 1.165) is 5.56 Å².